The van der Waals surface area contributed by atoms with Crippen LogP contribution in [-0.2, 0) is 11.2 Å². The molecule has 1 aliphatic rings. The van der Waals surface area contributed by atoms with Crippen molar-refractivity contribution in [1.29, 1.82) is 0 Å². The molecular formula is C9H13N3O3. The number of aromatic amines is 1. The van der Waals surface area contributed by atoms with Gasteiger partial charge < -0.3 is 9.84 Å². The van der Waals surface area contributed by atoms with Crippen molar-refractivity contribution in [3.05, 3.63) is 11.4 Å². The lowest BCUT2D eigenvalue weighted by atomic mass is 9.99. The van der Waals surface area contributed by atoms with Gasteiger partial charge in [0.1, 0.15) is 5.69 Å². The summed E-state index contributed by atoms with van der Waals surface area (Å²) in [5.41, 5.74) is 1.48. The Morgan fingerprint density at radius 3 is 3.07 bits per heavy atom. The van der Waals surface area contributed by atoms with Crippen LogP contribution in [-0.4, -0.2) is 26.7 Å². The van der Waals surface area contributed by atoms with E-state index in [-0.39, 0.29) is 0 Å². The lowest BCUT2D eigenvalue weighted by molar-refractivity contribution is 0.0435. The van der Waals surface area contributed by atoms with Crippen LogP contribution in [0.25, 0.3) is 0 Å². The highest BCUT2D eigenvalue weighted by atomic mass is 16.7. The van der Waals surface area contributed by atoms with Gasteiger partial charge in [-0.3, -0.25) is 0 Å². The molecule has 1 aliphatic carbocycles. The fourth-order valence-electron chi connectivity index (χ4n) is 1.87. The number of nitrogens with one attached hydrogen (secondary N) is 1. The van der Waals surface area contributed by atoms with Crippen molar-refractivity contribution in [1.82, 2.24) is 15.4 Å². The average molecular weight is 211 g/mol. The van der Waals surface area contributed by atoms with Gasteiger partial charge in [-0.05, 0) is 25.7 Å². The third-order valence-corrected chi connectivity index (χ3v) is 2.58. The zero-order valence-electron chi connectivity index (χ0n) is 8.27. The van der Waals surface area contributed by atoms with Crippen LogP contribution in [0.3, 0.4) is 0 Å². The summed E-state index contributed by atoms with van der Waals surface area (Å²) in [5.74, 6) is 0. The van der Waals surface area contributed by atoms with Crippen molar-refractivity contribution in [2.24, 2.45) is 0 Å². The smallest absolute Gasteiger partial charge is 0.450 e. The van der Waals surface area contributed by atoms with Gasteiger partial charge in [0.2, 0.25) is 0 Å². The molecule has 0 unspecified atom stereocenters. The first kappa shape index (κ1) is 9.95. The van der Waals surface area contributed by atoms with Gasteiger partial charge >= 0.3 is 6.16 Å². The molecule has 1 aromatic heterocycles. The van der Waals surface area contributed by atoms with Crippen molar-refractivity contribution < 1.29 is 14.6 Å². The molecule has 1 heterocycles. The second-order valence-corrected chi connectivity index (χ2v) is 3.63. The third kappa shape index (κ3) is 2.26. The predicted molar refractivity (Wildman–Crippen MR) is 50.4 cm³/mol. The molecule has 0 spiro atoms. The maximum absolute atomic E-state index is 10.5. The van der Waals surface area contributed by atoms with E-state index in [4.69, 9.17) is 9.84 Å². The van der Waals surface area contributed by atoms with Crippen LogP contribution < -0.4 is 0 Å². The Balaban J connectivity index is 2.20. The molecule has 0 aliphatic heterocycles. The van der Waals surface area contributed by atoms with E-state index in [9.17, 15) is 4.79 Å². The van der Waals surface area contributed by atoms with Crippen LogP contribution in [0.4, 0.5) is 4.79 Å². The molecule has 6 nitrogen and oxygen atoms in total. The summed E-state index contributed by atoms with van der Waals surface area (Å²) in [6.07, 6.45) is 2.91. The molecule has 82 valence electrons. The number of carboxylic acid groups (broad SMARTS) is 1. The van der Waals surface area contributed by atoms with Crippen molar-refractivity contribution in [3.8, 4) is 0 Å². The van der Waals surface area contributed by atoms with Crippen LogP contribution >= 0.6 is 0 Å². The first-order chi connectivity index (χ1) is 7.27. The number of nitrogens with zero attached hydrogens (tertiary/aromatic N) is 2. The topological polar surface area (TPSA) is 88.1 Å². The molecule has 0 amide bonds. The van der Waals surface area contributed by atoms with Crippen LogP contribution in [0, 0.1) is 0 Å². The monoisotopic (exact) mass is 211 g/mol. The molecule has 0 aromatic carbocycles. The summed E-state index contributed by atoms with van der Waals surface area (Å²) in [4.78, 5) is 10.5. The van der Waals surface area contributed by atoms with Gasteiger partial charge in [-0.25, -0.2) is 4.79 Å². The highest BCUT2D eigenvalue weighted by Crippen LogP contribution is 2.27. The predicted octanol–water partition coefficient (Wildman–Crippen LogP) is 1.66. The van der Waals surface area contributed by atoms with Gasteiger partial charge in [0.05, 0.1) is 5.69 Å². The number of ether oxygens (including phenoxy) is 1. The highest BCUT2D eigenvalue weighted by Gasteiger charge is 2.24. The second kappa shape index (κ2) is 4.29. The van der Waals surface area contributed by atoms with E-state index >= 15 is 0 Å². The van der Waals surface area contributed by atoms with E-state index in [1.165, 1.54) is 0 Å². The van der Waals surface area contributed by atoms with Crippen molar-refractivity contribution in [2.75, 3.05) is 0 Å². The SMILES string of the molecule is O=C(O)O[C@H]1CCCCCc2n[nH]nc21. The van der Waals surface area contributed by atoms with Crippen LogP contribution in [0.2, 0.25) is 0 Å². The molecule has 0 saturated carbocycles. The van der Waals surface area contributed by atoms with Gasteiger partial charge in [0.25, 0.3) is 0 Å². The number of H-pyrrole nitrogens is 1. The highest BCUT2D eigenvalue weighted by molar-refractivity contribution is 5.57. The van der Waals surface area contributed by atoms with E-state index in [1.54, 1.807) is 0 Å². The van der Waals surface area contributed by atoms with Crippen LogP contribution in [0.15, 0.2) is 0 Å². The average Bonchev–Trinajstić information content (AvgIpc) is 2.59. The summed E-state index contributed by atoms with van der Waals surface area (Å²) in [6, 6.07) is 0. The van der Waals surface area contributed by atoms with Gasteiger partial charge in [-0.15, -0.1) is 0 Å². The Morgan fingerprint density at radius 2 is 2.27 bits per heavy atom. The van der Waals surface area contributed by atoms with Crippen molar-refractivity contribution >= 4 is 6.16 Å². The first-order valence-electron chi connectivity index (χ1n) is 5.06. The molecule has 2 rings (SSSR count). The summed E-state index contributed by atoms with van der Waals surface area (Å²) >= 11 is 0. The minimum Gasteiger partial charge on any atom is -0.450 e. The zero-order valence-corrected chi connectivity index (χ0v) is 8.27. The maximum atomic E-state index is 10.5. The Hall–Kier alpha value is -1.59. The largest absolute Gasteiger partial charge is 0.506 e. The van der Waals surface area contributed by atoms with E-state index in [1.807, 2.05) is 0 Å². The first-order valence-corrected chi connectivity index (χ1v) is 5.06. The number of fused-ring (bicyclic) bond motifs is 1. The van der Waals surface area contributed by atoms with Crippen LogP contribution in [0.5, 0.6) is 0 Å². The molecular weight excluding hydrogens is 198 g/mol. The van der Waals surface area contributed by atoms with Crippen LogP contribution in [0.1, 0.15) is 43.2 Å². The fraction of sp³-hybridized carbons (Fsp3) is 0.667. The molecule has 1 atom stereocenters. The van der Waals surface area contributed by atoms with Gasteiger partial charge in [0.15, 0.2) is 6.10 Å². The Kier molecular flexibility index (Phi) is 2.84. The van der Waals surface area contributed by atoms with Gasteiger partial charge in [-0.2, -0.15) is 15.4 Å². The lowest BCUT2D eigenvalue weighted by Crippen LogP contribution is -2.13. The molecule has 0 saturated heterocycles. The molecule has 0 radical (unpaired) electrons. The minimum atomic E-state index is -1.26. The summed E-state index contributed by atoms with van der Waals surface area (Å²) in [6.45, 7) is 0. The standard InChI is InChI=1S/C9H13N3O3/c13-9(14)15-7-5-3-1-2-4-6-8(7)11-12-10-6/h7H,1-5H2,(H,13,14)(H,10,11,12)/t7-/m0/s1. The normalized spacial score (nSPS) is 21.2. The van der Waals surface area contributed by atoms with Crippen molar-refractivity contribution in [2.45, 2.75) is 38.2 Å². The van der Waals surface area contributed by atoms with Gasteiger partial charge in [-0.1, -0.05) is 6.42 Å². The molecule has 6 heteroatoms. The molecule has 0 bridgehead atoms. The second-order valence-electron chi connectivity index (χ2n) is 3.63. The summed E-state index contributed by atoms with van der Waals surface area (Å²) in [7, 11) is 0. The Bertz CT molecular complexity index is 350. The number of hydrogen-bond acceptors (Lipinski definition) is 4. The number of aromatic nitrogens is 3. The Morgan fingerprint density at radius 1 is 1.40 bits per heavy atom. The number of aryl methyl sites for hydroxylation is 1. The molecule has 2 N–H and O–H groups in total. The molecule has 1 aromatic rings. The molecule has 0 fully saturated rings. The van der Waals surface area contributed by atoms with E-state index in [0.717, 1.165) is 31.4 Å². The van der Waals surface area contributed by atoms with Crippen molar-refractivity contribution in [3.63, 3.8) is 0 Å². The lowest BCUT2D eigenvalue weighted by Gasteiger charge is -2.16. The zero-order chi connectivity index (χ0) is 10.7. The summed E-state index contributed by atoms with van der Waals surface area (Å²) < 4.78 is 4.81. The van der Waals surface area contributed by atoms with E-state index in [0.29, 0.717) is 12.1 Å². The fourth-order valence-corrected chi connectivity index (χ4v) is 1.87. The maximum Gasteiger partial charge on any atom is 0.506 e. The van der Waals surface area contributed by atoms with E-state index in [2.05, 4.69) is 15.4 Å². The number of rotatable bonds is 1. The number of carbonyl (C=O) groups is 1. The molecule has 15 heavy (non-hydrogen) atoms. The number of hydrogen-bond donors (Lipinski definition) is 2. The van der Waals surface area contributed by atoms with Gasteiger partial charge in [0, 0.05) is 0 Å². The van der Waals surface area contributed by atoms with E-state index < -0.39 is 12.3 Å². The quantitative estimate of drug-likeness (QED) is 0.689. The third-order valence-electron chi connectivity index (χ3n) is 2.58. The Labute approximate surface area is 86.6 Å². The summed E-state index contributed by atoms with van der Waals surface area (Å²) in [5, 5.41) is 19.1. The minimum absolute atomic E-state index is 0.462.